The highest BCUT2D eigenvalue weighted by Crippen LogP contribution is 2.22. The minimum absolute atomic E-state index is 0.0604. The second kappa shape index (κ2) is 7.90. The maximum absolute atomic E-state index is 13.9. The molecule has 2 aromatic rings. The molecule has 2 aromatic heterocycles. The second-order valence-corrected chi connectivity index (χ2v) is 5.85. The molecule has 0 amide bonds. The monoisotopic (exact) mass is 318 g/mol. The Kier molecular flexibility index (Phi) is 5.90. The zero-order chi connectivity index (χ0) is 16.8. The van der Waals surface area contributed by atoms with Gasteiger partial charge < -0.3 is 9.47 Å². The van der Waals surface area contributed by atoms with Crippen molar-refractivity contribution in [3.05, 3.63) is 47.8 Å². The molecule has 0 aromatic carbocycles. The van der Waals surface area contributed by atoms with E-state index in [-0.39, 0.29) is 17.7 Å². The molecule has 2 heterocycles. The van der Waals surface area contributed by atoms with Gasteiger partial charge >= 0.3 is 0 Å². The van der Waals surface area contributed by atoms with Crippen LogP contribution in [0.15, 0.2) is 30.6 Å². The van der Waals surface area contributed by atoms with Crippen molar-refractivity contribution in [2.24, 2.45) is 0 Å². The largest absolute Gasteiger partial charge is 0.495 e. The van der Waals surface area contributed by atoms with Crippen LogP contribution in [0, 0.1) is 5.82 Å². The van der Waals surface area contributed by atoms with Gasteiger partial charge in [-0.2, -0.15) is 0 Å². The molecule has 0 saturated heterocycles. The van der Waals surface area contributed by atoms with Crippen LogP contribution in [0.5, 0.6) is 11.5 Å². The molecule has 23 heavy (non-hydrogen) atoms. The number of methoxy groups -OCH3 is 1. The predicted octanol–water partition coefficient (Wildman–Crippen LogP) is 4.32. The molecule has 0 saturated carbocycles. The van der Waals surface area contributed by atoms with Gasteiger partial charge in [-0.25, -0.2) is 4.39 Å². The fourth-order valence-electron chi connectivity index (χ4n) is 2.24. The minimum Gasteiger partial charge on any atom is -0.495 e. The minimum atomic E-state index is -0.317. The Morgan fingerprint density at radius 3 is 2.39 bits per heavy atom. The van der Waals surface area contributed by atoms with Crippen molar-refractivity contribution in [2.75, 3.05) is 13.7 Å². The lowest BCUT2D eigenvalue weighted by molar-refractivity contribution is 0.296. The van der Waals surface area contributed by atoms with E-state index in [1.807, 2.05) is 26.0 Å². The van der Waals surface area contributed by atoms with Crippen molar-refractivity contribution >= 4 is 0 Å². The van der Waals surface area contributed by atoms with Gasteiger partial charge in [0.15, 0.2) is 0 Å². The van der Waals surface area contributed by atoms with Gasteiger partial charge in [-0.05, 0) is 24.5 Å². The number of pyridine rings is 2. The van der Waals surface area contributed by atoms with Gasteiger partial charge in [0.1, 0.15) is 17.3 Å². The molecule has 5 heteroatoms. The number of rotatable bonds is 7. The lowest BCUT2D eigenvalue weighted by Crippen LogP contribution is -2.06. The van der Waals surface area contributed by atoms with Crippen LogP contribution in [-0.2, 0) is 0 Å². The van der Waals surface area contributed by atoms with Crippen molar-refractivity contribution in [1.82, 2.24) is 9.97 Å². The number of ether oxygens (including phenoxy) is 2. The van der Waals surface area contributed by atoms with E-state index in [4.69, 9.17) is 9.47 Å². The van der Waals surface area contributed by atoms with Crippen LogP contribution in [0.25, 0.3) is 0 Å². The van der Waals surface area contributed by atoms with Gasteiger partial charge in [0, 0.05) is 17.7 Å². The Bertz CT molecular complexity index is 629. The Balaban J connectivity index is 1.87. The summed E-state index contributed by atoms with van der Waals surface area (Å²) in [6.45, 7) is 6.39. The maximum Gasteiger partial charge on any atom is 0.148 e. The number of aromatic nitrogens is 2. The molecular weight excluding hydrogens is 295 g/mol. The highest BCUT2D eigenvalue weighted by Gasteiger charge is 2.11. The summed E-state index contributed by atoms with van der Waals surface area (Å²) in [4.78, 5) is 8.49. The topological polar surface area (TPSA) is 44.2 Å². The molecule has 0 bridgehead atoms. The van der Waals surface area contributed by atoms with Crippen LogP contribution in [0.3, 0.4) is 0 Å². The predicted molar refractivity (Wildman–Crippen MR) is 87.6 cm³/mol. The molecular formula is C18H23FN2O2. The molecule has 0 fully saturated rings. The fraction of sp³-hybridized carbons (Fsp3) is 0.444. The molecule has 0 aliphatic heterocycles. The van der Waals surface area contributed by atoms with Crippen molar-refractivity contribution in [2.45, 2.75) is 39.0 Å². The van der Waals surface area contributed by atoms with Gasteiger partial charge in [0.2, 0.25) is 0 Å². The fourth-order valence-corrected chi connectivity index (χ4v) is 2.24. The van der Waals surface area contributed by atoms with Crippen molar-refractivity contribution in [3.8, 4) is 11.5 Å². The molecule has 0 radical (unpaired) electrons. The first-order valence-corrected chi connectivity index (χ1v) is 7.79. The summed E-state index contributed by atoms with van der Waals surface area (Å²) in [5, 5.41) is 0. The molecule has 124 valence electrons. The van der Waals surface area contributed by atoms with E-state index in [2.05, 4.69) is 16.9 Å². The molecule has 0 N–H and O–H groups in total. The van der Waals surface area contributed by atoms with Gasteiger partial charge in [-0.3, -0.25) is 9.97 Å². The summed E-state index contributed by atoms with van der Waals surface area (Å²) in [6.07, 6.45) is 4.07. The van der Waals surface area contributed by atoms with Gasteiger partial charge in [0.05, 0.1) is 31.8 Å². The molecule has 0 aliphatic carbocycles. The Morgan fingerprint density at radius 2 is 1.83 bits per heavy atom. The highest BCUT2D eigenvalue weighted by molar-refractivity contribution is 5.23. The van der Waals surface area contributed by atoms with Gasteiger partial charge in [-0.1, -0.05) is 20.8 Å². The quantitative estimate of drug-likeness (QED) is 0.762. The Morgan fingerprint density at radius 1 is 1.09 bits per heavy atom. The average Bonchev–Trinajstić information content (AvgIpc) is 2.54. The van der Waals surface area contributed by atoms with E-state index < -0.39 is 0 Å². The van der Waals surface area contributed by atoms with Gasteiger partial charge in [0.25, 0.3) is 0 Å². The van der Waals surface area contributed by atoms with Crippen LogP contribution in [-0.4, -0.2) is 23.7 Å². The molecule has 4 nitrogen and oxygen atoms in total. The van der Waals surface area contributed by atoms with E-state index >= 15 is 0 Å². The SMILES string of the molecule is COc1ccc(C(C)CCOc2cnc(C(C)C)c(F)c2)nc1. The lowest BCUT2D eigenvalue weighted by atomic mass is 10.0. The average molecular weight is 318 g/mol. The van der Waals surface area contributed by atoms with E-state index in [0.717, 1.165) is 17.9 Å². The maximum atomic E-state index is 13.9. The summed E-state index contributed by atoms with van der Waals surface area (Å²) in [5.41, 5.74) is 1.45. The zero-order valence-electron chi connectivity index (χ0n) is 14.0. The third-order valence-corrected chi connectivity index (χ3v) is 3.71. The summed E-state index contributed by atoms with van der Waals surface area (Å²) in [5.74, 6) is 1.19. The van der Waals surface area contributed by atoms with E-state index in [1.165, 1.54) is 6.07 Å². The second-order valence-electron chi connectivity index (χ2n) is 5.85. The third kappa shape index (κ3) is 4.65. The smallest absolute Gasteiger partial charge is 0.148 e. The summed E-state index contributed by atoms with van der Waals surface area (Å²) in [6, 6.07) is 5.24. The first kappa shape index (κ1) is 17.2. The van der Waals surface area contributed by atoms with Crippen molar-refractivity contribution in [1.29, 1.82) is 0 Å². The normalized spacial score (nSPS) is 12.3. The summed E-state index contributed by atoms with van der Waals surface area (Å²) in [7, 11) is 1.62. The first-order chi connectivity index (χ1) is 11.0. The van der Waals surface area contributed by atoms with E-state index in [1.54, 1.807) is 19.5 Å². The molecule has 1 unspecified atom stereocenters. The van der Waals surface area contributed by atoms with Crippen LogP contribution in [0.2, 0.25) is 0 Å². The molecule has 0 spiro atoms. The first-order valence-electron chi connectivity index (χ1n) is 7.79. The number of hydrogen-bond donors (Lipinski definition) is 0. The number of nitrogens with zero attached hydrogens (tertiary/aromatic N) is 2. The molecule has 1 atom stereocenters. The van der Waals surface area contributed by atoms with E-state index in [0.29, 0.717) is 18.1 Å². The van der Waals surface area contributed by atoms with E-state index in [9.17, 15) is 4.39 Å². The van der Waals surface area contributed by atoms with Crippen molar-refractivity contribution < 1.29 is 13.9 Å². The summed E-state index contributed by atoms with van der Waals surface area (Å²) >= 11 is 0. The van der Waals surface area contributed by atoms with Crippen molar-refractivity contribution in [3.63, 3.8) is 0 Å². The van der Waals surface area contributed by atoms with Crippen LogP contribution in [0.4, 0.5) is 4.39 Å². The molecule has 0 aliphatic rings. The highest BCUT2D eigenvalue weighted by atomic mass is 19.1. The lowest BCUT2D eigenvalue weighted by Gasteiger charge is -2.13. The van der Waals surface area contributed by atoms with Gasteiger partial charge in [-0.15, -0.1) is 0 Å². The number of hydrogen-bond acceptors (Lipinski definition) is 4. The van der Waals surface area contributed by atoms with Crippen LogP contribution in [0.1, 0.15) is 50.4 Å². The third-order valence-electron chi connectivity index (χ3n) is 3.71. The summed E-state index contributed by atoms with van der Waals surface area (Å²) < 4.78 is 24.6. The van der Waals surface area contributed by atoms with Crippen LogP contribution >= 0.6 is 0 Å². The molecule has 2 rings (SSSR count). The zero-order valence-corrected chi connectivity index (χ0v) is 14.0. The number of halogens is 1. The Hall–Kier alpha value is -2.17. The van der Waals surface area contributed by atoms with Crippen LogP contribution < -0.4 is 9.47 Å². The standard InChI is InChI=1S/C18H23FN2O2/c1-12(2)18-16(19)9-15(11-21-18)23-8-7-13(3)17-6-5-14(22-4)10-20-17/h5-6,9-13H,7-8H2,1-4H3. The Labute approximate surface area is 136 Å².